The Morgan fingerprint density at radius 1 is 0.971 bits per heavy atom. The SMILES string of the molecule is C=CCN1C(=S)S/C(=C\c2ccc(/C=C3/C(=O)NC(=S)N(c4ccc(Cl)cc4)C3=O)cc2)C1=S. The Morgan fingerprint density at radius 3 is 2.21 bits per heavy atom. The monoisotopic (exact) mass is 541 g/mol. The van der Waals surface area contributed by atoms with Crippen LogP contribution in [0.3, 0.4) is 0 Å². The van der Waals surface area contributed by atoms with Crippen molar-refractivity contribution in [3.8, 4) is 0 Å². The van der Waals surface area contributed by atoms with Crippen molar-refractivity contribution in [3.05, 3.63) is 87.8 Å². The van der Waals surface area contributed by atoms with Gasteiger partial charge in [-0.2, -0.15) is 0 Å². The van der Waals surface area contributed by atoms with Crippen LogP contribution in [0.25, 0.3) is 12.2 Å². The normalized spacial score (nSPS) is 18.8. The molecule has 5 nitrogen and oxygen atoms in total. The average Bonchev–Trinajstić information content (AvgIpc) is 3.06. The van der Waals surface area contributed by atoms with Gasteiger partial charge in [0.2, 0.25) is 0 Å². The molecule has 0 bridgehead atoms. The first-order chi connectivity index (χ1) is 16.3. The Bertz CT molecular complexity index is 1300. The third-order valence-corrected chi connectivity index (χ3v) is 7.42. The van der Waals surface area contributed by atoms with Crippen LogP contribution in [0.1, 0.15) is 11.1 Å². The highest BCUT2D eigenvalue weighted by atomic mass is 35.5. The summed E-state index contributed by atoms with van der Waals surface area (Å²) in [5.41, 5.74) is 2.10. The first-order valence-corrected chi connectivity index (χ1v) is 12.3. The highest BCUT2D eigenvalue weighted by molar-refractivity contribution is 8.27. The van der Waals surface area contributed by atoms with E-state index >= 15 is 0 Å². The van der Waals surface area contributed by atoms with E-state index in [0.29, 0.717) is 32.1 Å². The maximum absolute atomic E-state index is 13.1. The van der Waals surface area contributed by atoms with Crippen molar-refractivity contribution in [2.75, 3.05) is 11.4 Å². The van der Waals surface area contributed by atoms with Crippen LogP contribution in [0.4, 0.5) is 5.69 Å². The first kappa shape index (κ1) is 24.4. The van der Waals surface area contributed by atoms with Crippen molar-refractivity contribution in [2.45, 2.75) is 0 Å². The Hall–Kier alpha value is -2.69. The van der Waals surface area contributed by atoms with E-state index in [1.54, 1.807) is 30.3 Å². The summed E-state index contributed by atoms with van der Waals surface area (Å²) in [4.78, 5) is 30.3. The molecule has 2 aromatic carbocycles. The van der Waals surface area contributed by atoms with Crippen LogP contribution in [-0.2, 0) is 9.59 Å². The van der Waals surface area contributed by atoms with Crippen molar-refractivity contribution < 1.29 is 9.59 Å². The van der Waals surface area contributed by atoms with Crippen LogP contribution >= 0.6 is 60.0 Å². The molecular weight excluding hydrogens is 526 g/mol. The van der Waals surface area contributed by atoms with Gasteiger partial charge >= 0.3 is 0 Å². The summed E-state index contributed by atoms with van der Waals surface area (Å²) in [6.07, 6.45) is 5.25. The molecule has 0 aliphatic carbocycles. The lowest BCUT2D eigenvalue weighted by Crippen LogP contribution is -2.54. The van der Waals surface area contributed by atoms with Crippen molar-refractivity contribution in [1.82, 2.24) is 10.2 Å². The smallest absolute Gasteiger partial charge is 0.270 e. The number of amides is 2. The molecule has 0 radical (unpaired) electrons. The second-order valence-electron chi connectivity index (χ2n) is 7.18. The van der Waals surface area contributed by atoms with Crippen LogP contribution < -0.4 is 10.2 Å². The molecule has 0 atom stereocenters. The molecular formula is C24H16ClN3O2S4. The summed E-state index contributed by atoms with van der Waals surface area (Å²) in [5.74, 6) is -1.05. The lowest BCUT2D eigenvalue weighted by molar-refractivity contribution is -0.122. The highest BCUT2D eigenvalue weighted by Gasteiger charge is 2.34. The number of thiocarbonyl (C=S) groups is 3. The fourth-order valence-corrected chi connectivity index (χ4v) is 5.44. The molecule has 1 N–H and O–H groups in total. The molecule has 0 unspecified atom stereocenters. The summed E-state index contributed by atoms with van der Waals surface area (Å²) >= 11 is 23.5. The molecule has 170 valence electrons. The van der Waals surface area contributed by atoms with Gasteiger partial charge in [0.05, 0.1) is 10.6 Å². The van der Waals surface area contributed by atoms with Gasteiger partial charge in [-0.1, -0.05) is 78.1 Å². The number of hydrogen-bond acceptors (Lipinski definition) is 6. The lowest BCUT2D eigenvalue weighted by Gasteiger charge is -2.28. The van der Waals surface area contributed by atoms with E-state index in [2.05, 4.69) is 11.9 Å². The fraction of sp³-hybridized carbons (Fsp3) is 0.0417. The van der Waals surface area contributed by atoms with E-state index in [4.69, 9.17) is 48.3 Å². The average molecular weight is 542 g/mol. The van der Waals surface area contributed by atoms with E-state index in [9.17, 15) is 9.59 Å². The molecule has 2 saturated heterocycles. The highest BCUT2D eigenvalue weighted by Crippen LogP contribution is 2.33. The van der Waals surface area contributed by atoms with Crippen LogP contribution in [0.5, 0.6) is 0 Å². The van der Waals surface area contributed by atoms with Gasteiger partial charge in [-0.25, -0.2) is 0 Å². The van der Waals surface area contributed by atoms with E-state index in [0.717, 1.165) is 10.5 Å². The summed E-state index contributed by atoms with van der Waals surface area (Å²) in [6, 6.07) is 14.0. The zero-order chi connectivity index (χ0) is 24.4. The molecule has 2 aliphatic heterocycles. The molecule has 2 amide bonds. The molecule has 0 spiro atoms. The summed E-state index contributed by atoms with van der Waals surface area (Å²) in [6.45, 7) is 4.31. The number of thioether (sulfide) groups is 1. The van der Waals surface area contributed by atoms with Gasteiger partial charge in [0, 0.05) is 11.6 Å². The van der Waals surface area contributed by atoms with Gasteiger partial charge in [-0.3, -0.25) is 19.8 Å². The third-order valence-electron chi connectivity index (χ3n) is 4.92. The zero-order valence-corrected chi connectivity index (χ0v) is 21.5. The standard InChI is InChI=1S/C24H16ClN3O2S4/c1-2-11-27-22(31)19(34-24(27)33)13-15-5-3-14(4-6-15)12-18-20(29)26-23(32)28(21(18)30)17-9-7-16(25)8-10-17/h2-10,12-13H,1,11H2,(H,26,29,32)/b18-12-,19-13-. The number of carbonyl (C=O) groups excluding carboxylic acids is 2. The number of benzene rings is 2. The second kappa shape index (κ2) is 10.3. The number of nitrogens with zero attached hydrogens (tertiary/aromatic N) is 2. The van der Waals surface area contributed by atoms with Crippen molar-refractivity contribution in [3.63, 3.8) is 0 Å². The predicted octanol–water partition coefficient (Wildman–Crippen LogP) is 5.36. The summed E-state index contributed by atoms with van der Waals surface area (Å²) in [5, 5.41) is 3.12. The molecule has 2 aromatic rings. The zero-order valence-electron chi connectivity index (χ0n) is 17.5. The van der Waals surface area contributed by atoms with Gasteiger partial charge in [0.1, 0.15) is 14.9 Å². The third kappa shape index (κ3) is 5.03. The van der Waals surface area contributed by atoms with Crippen LogP contribution in [0.15, 0.2) is 71.7 Å². The van der Waals surface area contributed by atoms with Gasteiger partial charge < -0.3 is 4.90 Å². The van der Waals surface area contributed by atoms with Gasteiger partial charge in [0.25, 0.3) is 11.8 Å². The first-order valence-electron chi connectivity index (χ1n) is 9.92. The minimum absolute atomic E-state index is 0.0184. The molecule has 4 rings (SSSR count). The number of carbonyl (C=O) groups is 2. The number of hydrogen-bond donors (Lipinski definition) is 1. The molecule has 2 aliphatic rings. The number of rotatable bonds is 5. The number of anilines is 1. The second-order valence-corrected chi connectivity index (χ2v) is 10.1. The summed E-state index contributed by atoms with van der Waals surface area (Å²) < 4.78 is 0.697. The van der Waals surface area contributed by atoms with E-state index in [1.807, 2.05) is 35.2 Å². The molecule has 10 heteroatoms. The van der Waals surface area contributed by atoms with Crippen molar-refractivity contribution >= 4 is 104 Å². The quantitative estimate of drug-likeness (QED) is 0.237. The van der Waals surface area contributed by atoms with E-state index in [1.165, 1.54) is 22.7 Å². The Kier molecular flexibility index (Phi) is 7.39. The minimum Gasteiger partial charge on any atom is -0.313 e. The topological polar surface area (TPSA) is 52.7 Å². The molecule has 0 aromatic heterocycles. The molecule has 0 saturated carbocycles. The number of nitrogens with one attached hydrogen (secondary N) is 1. The van der Waals surface area contributed by atoms with E-state index < -0.39 is 11.8 Å². The van der Waals surface area contributed by atoms with Gasteiger partial charge in [-0.05, 0) is 59.8 Å². The van der Waals surface area contributed by atoms with Crippen LogP contribution in [0, 0.1) is 0 Å². The largest absolute Gasteiger partial charge is 0.313 e. The van der Waals surface area contributed by atoms with Gasteiger partial charge in [-0.15, -0.1) is 6.58 Å². The van der Waals surface area contributed by atoms with Crippen molar-refractivity contribution in [1.29, 1.82) is 0 Å². The van der Waals surface area contributed by atoms with E-state index in [-0.39, 0.29) is 10.7 Å². The Morgan fingerprint density at radius 2 is 1.59 bits per heavy atom. The van der Waals surface area contributed by atoms with Crippen LogP contribution in [-0.4, -0.2) is 37.7 Å². The molecule has 2 heterocycles. The Labute approximate surface area is 222 Å². The number of halogens is 1. The van der Waals surface area contributed by atoms with Crippen LogP contribution in [0.2, 0.25) is 5.02 Å². The van der Waals surface area contributed by atoms with Gasteiger partial charge in [0.15, 0.2) is 5.11 Å². The maximum atomic E-state index is 13.1. The minimum atomic E-state index is -0.546. The van der Waals surface area contributed by atoms with Crippen molar-refractivity contribution in [2.24, 2.45) is 0 Å². The Balaban J connectivity index is 1.57. The fourth-order valence-electron chi connectivity index (χ4n) is 3.28. The summed E-state index contributed by atoms with van der Waals surface area (Å²) in [7, 11) is 0. The predicted molar refractivity (Wildman–Crippen MR) is 152 cm³/mol. The molecule has 2 fully saturated rings. The molecule has 34 heavy (non-hydrogen) atoms. The lowest BCUT2D eigenvalue weighted by atomic mass is 10.1. The maximum Gasteiger partial charge on any atom is 0.270 e.